The van der Waals surface area contributed by atoms with Gasteiger partial charge in [-0.05, 0) is 0 Å². The van der Waals surface area contributed by atoms with E-state index < -0.39 is 31.3 Å². The van der Waals surface area contributed by atoms with Gasteiger partial charge in [0.2, 0.25) is 5.91 Å². The summed E-state index contributed by atoms with van der Waals surface area (Å²) in [5.74, 6) is -0.530. The molecule has 67 valence electrons. The average molecular weight is 257 g/mol. The van der Waals surface area contributed by atoms with E-state index in [9.17, 15) is 18.0 Å². The second kappa shape index (κ2) is 4.53. The molecule has 1 rings (SSSR count). The number of alkyl halides is 3. The van der Waals surface area contributed by atoms with E-state index in [1.54, 1.807) is 0 Å². The Balaban J connectivity index is 0.00000121. The van der Waals surface area contributed by atoms with Crippen molar-refractivity contribution in [3.05, 3.63) is 6.10 Å². The largest absolute Gasteiger partial charge is 0.532 e. The average Bonchev–Trinajstić information content (AvgIpc) is 1.86. The molecule has 0 spiro atoms. The molecule has 1 amide bonds. The van der Waals surface area contributed by atoms with Crippen LogP contribution in [0.2, 0.25) is 0 Å². The normalized spacial score (nSPS) is 19.8. The van der Waals surface area contributed by atoms with Crippen LogP contribution < -0.4 is 5.32 Å². The van der Waals surface area contributed by atoms with Gasteiger partial charge in [0, 0.05) is 32.7 Å². The molecule has 1 saturated heterocycles. The summed E-state index contributed by atoms with van der Waals surface area (Å²) in [6, 6.07) is 0. The molecule has 1 radical (unpaired) electrons. The number of ether oxygens (including phenoxy) is 1. The molecule has 3 nitrogen and oxygen atoms in total. The van der Waals surface area contributed by atoms with E-state index in [0.29, 0.717) is 0 Å². The van der Waals surface area contributed by atoms with Crippen molar-refractivity contribution in [2.24, 2.45) is 0 Å². The predicted octanol–water partition coefficient (Wildman–Crippen LogP) is 0.225. The molecular weight excluding hydrogens is 252 g/mol. The molecule has 0 bridgehead atoms. The third-order valence-corrected chi connectivity index (χ3v) is 1.14. The molecule has 0 aromatic rings. The number of halogens is 3. The van der Waals surface area contributed by atoms with Crippen LogP contribution in [-0.2, 0) is 42.2 Å². The fourth-order valence-electron chi connectivity index (χ4n) is 0.616. The van der Waals surface area contributed by atoms with Crippen LogP contribution in [0.1, 0.15) is 0 Å². The van der Waals surface area contributed by atoms with Crippen molar-refractivity contribution < 1.29 is 55.4 Å². The summed E-state index contributed by atoms with van der Waals surface area (Å²) in [6.07, 6.45) is -5.51. The fraction of sp³-hybridized carbons (Fsp3) is 0.600. The molecule has 0 aliphatic carbocycles. The first kappa shape index (κ1) is 12.3. The summed E-state index contributed by atoms with van der Waals surface area (Å²) in [7, 11) is 0. The molecule has 1 aliphatic rings. The van der Waals surface area contributed by atoms with Crippen LogP contribution in [0, 0.1) is 6.10 Å². The number of carbonyl (C=O) groups excluding carboxylic acids is 1. The van der Waals surface area contributed by atoms with Gasteiger partial charge in [-0.25, -0.2) is 13.2 Å². The fourth-order valence-corrected chi connectivity index (χ4v) is 0.616. The van der Waals surface area contributed by atoms with Crippen LogP contribution >= 0.6 is 0 Å². The SMILES string of the molecule is O=C1CO[C-](C(F)(F)F)CN1.[Y]. The minimum Gasteiger partial charge on any atom is -0.532 e. The number of rotatable bonds is 0. The third-order valence-electron chi connectivity index (χ3n) is 1.14. The van der Waals surface area contributed by atoms with Gasteiger partial charge in [-0.3, -0.25) is 4.79 Å². The van der Waals surface area contributed by atoms with Crippen molar-refractivity contribution in [1.29, 1.82) is 0 Å². The minimum atomic E-state index is -4.46. The molecule has 1 aliphatic heterocycles. The van der Waals surface area contributed by atoms with Crippen molar-refractivity contribution in [3.8, 4) is 0 Å². The first-order valence-electron chi connectivity index (χ1n) is 2.82. The number of nitrogens with one attached hydrogen (secondary N) is 1. The van der Waals surface area contributed by atoms with Gasteiger partial charge in [0.15, 0.2) is 0 Å². The van der Waals surface area contributed by atoms with E-state index in [-0.39, 0.29) is 32.7 Å². The summed E-state index contributed by atoms with van der Waals surface area (Å²) >= 11 is 0. The van der Waals surface area contributed by atoms with Gasteiger partial charge in [-0.2, -0.15) is 0 Å². The van der Waals surface area contributed by atoms with Crippen LogP contribution in [0.15, 0.2) is 0 Å². The number of amides is 1. The maximum absolute atomic E-state index is 11.8. The van der Waals surface area contributed by atoms with Crippen LogP contribution in [-0.4, -0.2) is 25.2 Å². The minimum absolute atomic E-state index is 0. The van der Waals surface area contributed by atoms with Gasteiger partial charge in [0.25, 0.3) is 6.18 Å². The molecule has 7 heteroatoms. The summed E-state index contributed by atoms with van der Waals surface area (Å²) < 4.78 is 39.4. The van der Waals surface area contributed by atoms with Crippen molar-refractivity contribution in [1.82, 2.24) is 5.32 Å². The van der Waals surface area contributed by atoms with Crippen molar-refractivity contribution in [2.75, 3.05) is 13.2 Å². The smallest absolute Gasteiger partial charge is 0.296 e. The van der Waals surface area contributed by atoms with E-state index in [4.69, 9.17) is 0 Å². The Morgan fingerprint density at radius 3 is 2.42 bits per heavy atom. The first-order chi connectivity index (χ1) is 5.00. The number of hydrogen-bond donors (Lipinski definition) is 1. The molecule has 12 heavy (non-hydrogen) atoms. The second-order valence-electron chi connectivity index (χ2n) is 1.99. The predicted molar refractivity (Wildman–Crippen MR) is 28.3 cm³/mol. The molecule has 0 unspecified atom stereocenters. The van der Waals surface area contributed by atoms with Gasteiger partial charge in [0.1, 0.15) is 0 Å². The van der Waals surface area contributed by atoms with Gasteiger partial charge < -0.3 is 10.1 Å². The summed E-state index contributed by atoms with van der Waals surface area (Å²) in [5, 5.41) is 2.02. The first-order valence-corrected chi connectivity index (χ1v) is 2.82. The molecule has 0 saturated carbocycles. The molecule has 0 aromatic heterocycles. The Hall–Kier alpha value is 0.324. The van der Waals surface area contributed by atoms with E-state index in [1.807, 2.05) is 5.32 Å². The Morgan fingerprint density at radius 1 is 1.50 bits per heavy atom. The maximum Gasteiger partial charge on any atom is 0.296 e. The summed E-state index contributed by atoms with van der Waals surface area (Å²) in [6.45, 7) is -1.11. The number of carbonyl (C=O) groups is 1. The summed E-state index contributed by atoms with van der Waals surface area (Å²) in [5.41, 5.74) is 0. The molecule has 1 heterocycles. The van der Waals surface area contributed by atoms with Gasteiger partial charge in [0.05, 0.1) is 6.61 Å². The van der Waals surface area contributed by atoms with Crippen LogP contribution in [0.4, 0.5) is 13.2 Å². The topological polar surface area (TPSA) is 38.3 Å². The zero-order valence-corrected chi connectivity index (χ0v) is 8.78. The van der Waals surface area contributed by atoms with Crippen LogP contribution in [0.3, 0.4) is 0 Å². The monoisotopic (exact) mass is 257 g/mol. The molecular formula is C5H5F3NO2Y-. The van der Waals surface area contributed by atoms with Crippen molar-refractivity contribution in [2.45, 2.75) is 6.18 Å². The Morgan fingerprint density at radius 2 is 2.08 bits per heavy atom. The van der Waals surface area contributed by atoms with Crippen molar-refractivity contribution in [3.63, 3.8) is 0 Å². The van der Waals surface area contributed by atoms with Crippen LogP contribution in [0.25, 0.3) is 0 Å². The summed E-state index contributed by atoms with van der Waals surface area (Å²) in [4.78, 5) is 10.3. The zero-order valence-electron chi connectivity index (χ0n) is 5.94. The molecule has 1 fully saturated rings. The Kier molecular flexibility index (Phi) is 4.65. The third kappa shape index (κ3) is 3.37. The van der Waals surface area contributed by atoms with E-state index in [1.165, 1.54) is 0 Å². The second-order valence-corrected chi connectivity index (χ2v) is 1.99. The van der Waals surface area contributed by atoms with Crippen LogP contribution in [0.5, 0.6) is 0 Å². The van der Waals surface area contributed by atoms with Gasteiger partial charge in [-0.15, -0.1) is 0 Å². The van der Waals surface area contributed by atoms with Crippen molar-refractivity contribution >= 4 is 5.91 Å². The quantitative estimate of drug-likeness (QED) is 0.630. The van der Waals surface area contributed by atoms with E-state index in [0.717, 1.165) is 0 Å². The van der Waals surface area contributed by atoms with E-state index >= 15 is 0 Å². The Labute approximate surface area is 91.9 Å². The number of hydrogen-bond acceptors (Lipinski definition) is 2. The number of morpholine rings is 1. The maximum atomic E-state index is 11.8. The van der Waals surface area contributed by atoms with Gasteiger partial charge >= 0.3 is 0 Å². The van der Waals surface area contributed by atoms with E-state index in [2.05, 4.69) is 4.74 Å². The zero-order chi connectivity index (χ0) is 8.48. The standard InChI is InChI=1S/C5H5F3NO2.Y/c6-5(7,8)3-1-9-4(10)2-11-3;/h1-2H2,(H,9,10);/q-1;. The Bertz CT molecular complexity index is 163. The molecule has 1 N–H and O–H groups in total. The molecule has 0 atom stereocenters. The van der Waals surface area contributed by atoms with Gasteiger partial charge in [-0.1, -0.05) is 12.6 Å². The molecule has 0 aromatic carbocycles.